The lowest BCUT2D eigenvalue weighted by atomic mass is 9.87. The molecule has 3 aliphatic heterocycles. The standard InChI is InChI=1S/C26H35N5S2/c1-25(2,3)23-28-20-18-21(30-11-6-5-7-12-30)19(17-22(20)33-23)26(9-8-10-27-26)24(32)31-15-13-29(4)14-16-31/h8-10,17-18H,5-7,11-16H2,1-4H3. The number of allylic oxidation sites excluding steroid dienone is 1. The van der Waals surface area contributed by atoms with Crippen LogP contribution in [0.4, 0.5) is 5.69 Å². The maximum atomic E-state index is 6.23. The molecule has 0 bridgehead atoms. The van der Waals surface area contributed by atoms with Crippen LogP contribution in [0.15, 0.2) is 29.3 Å². The van der Waals surface area contributed by atoms with E-state index in [0.717, 1.165) is 49.8 Å². The molecule has 0 aliphatic carbocycles. The van der Waals surface area contributed by atoms with E-state index in [-0.39, 0.29) is 5.41 Å². The summed E-state index contributed by atoms with van der Waals surface area (Å²) in [5, 5.41) is 1.18. The van der Waals surface area contributed by atoms with Crippen LogP contribution in [0.3, 0.4) is 0 Å². The Kier molecular flexibility index (Phi) is 6.08. The molecule has 5 nitrogen and oxygen atoms in total. The second-order valence-electron chi connectivity index (χ2n) is 10.7. The lowest BCUT2D eigenvalue weighted by Gasteiger charge is -2.41. The third kappa shape index (κ3) is 4.24. The number of piperazine rings is 1. The van der Waals surface area contributed by atoms with Crippen LogP contribution in [-0.2, 0) is 11.0 Å². The van der Waals surface area contributed by atoms with Gasteiger partial charge in [0, 0.05) is 62.1 Å². The fourth-order valence-corrected chi connectivity index (χ4v) is 6.48. The summed E-state index contributed by atoms with van der Waals surface area (Å²) in [6, 6.07) is 4.67. The van der Waals surface area contributed by atoms with E-state index in [1.54, 1.807) is 0 Å². The van der Waals surface area contributed by atoms with E-state index in [0.29, 0.717) is 0 Å². The van der Waals surface area contributed by atoms with Crippen LogP contribution < -0.4 is 4.90 Å². The number of aliphatic imine (C=N–C) groups is 1. The highest BCUT2D eigenvalue weighted by Crippen LogP contribution is 2.44. The fraction of sp³-hybridized carbons (Fsp3) is 0.577. The summed E-state index contributed by atoms with van der Waals surface area (Å²) in [5.41, 5.74) is 3.00. The van der Waals surface area contributed by atoms with Gasteiger partial charge in [-0.05, 0) is 50.6 Å². The Morgan fingerprint density at radius 1 is 1.03 bits per heavy atom. The minimum absolute atomic E-state index is 0.0351. The summed E-state index contributed by atoms with van der Waals surface area (Å²) in [7, 11) is 2.18. The first-order chi connectivity index (χ1) is 15.8. The van der Waals surface area contributed by atoms with E-state index in [4.69, 9.17) is 22.2 Å². The monoisotopic (exact) mass is 481 g/mol. The minimum Gasteiger partial charge on any atom is -0.371 e. The Morgan fingerprint density at radius 2 is 1.76 bits per heavy atom. The molecule has 1 aromatic carbocycles. The number of thiazole rings is 1. The van der Waals surface area contributed by atoms with Crippen molar-refractivity contribution in [1.29, 1.82) is 0 Å². The number of anilines is 1. The van der Waals surface area contributed by atoms with Crippen molar-refractivity contribution in [2.24, 2.45) is 4.99 Å². The van der Waals surface area contributed by atoms with Gasteiger partial charge in [0.1, 0.15) is 4.99 Å². The lowest BCUT2D eigenvalue weighted by molar-refractivity contribution is 0.212. The SMILES string of the molecule is CN1CCN(C(=S)C2(c3cc4sc(C(C)(C)C)nc4cc3N3CCCCC3)C=CC=N2)CC1. The molecule has 0 saturated carbocycles. The van der Waals surface area contributed by atoms with Crippen LogP contribution in [0.2, 0.25) is 0 Å². The van der Waals surface area contributed by atoms with E-state index in [1.807, 2.05) is 17.6 Å². The van der Waals surface area contributed by atoms with E-state index < -0.39 is 5.54 Å². The van der Waals surface area contributed by atoms with Crippen LogP contribution >= 0.6 is 23.6 Å². The van der Waals surface area contributed by atoms with Gasteiger partial charge in [-0.3, -0.25) is 4.99 Å². The highest BCUT2D eigenvalue weighted by atomic mass is 32.1. The molecule has 1 atom stereocenters. The summed E-state index contributed by atoms with van der Waals surface area (Å²) >= 11 is 8.04. The molecule has 1 unspecified atom stereocenters. The number of rotatable bonds is 3. The number of fused-ring (bicyclic) bond motifs is 1. The third-order valence-corrected chi connectivity index (χ3v) is 9.09. The molecule has 1 aromatic heterocycles. The Hall–Kier alpha value is -1.83. The fourth-order valence-electron chi connectivity index (χ4n) is 5.02. The average Bonchev–Trinajstić information content (AvgIpc) is 3.46. The van der Waals surface area contributed by atoms with E-state index in [2.05, 4.69) is 66.8 Å². The lowest BCUT2D eigenvalue weighted by Crippen LogP contribution is -2.52. The zero-order valence-corrected chi connectivity index (χ0v) is 21.9. The average molecular weight is 482 g/mol. The van der Waals surface area contributed by atoms with Gasteiger partial charge in [-0.15, -0.1) is 11.3 Å². The van der Waals surface area contributed by atoms with Crippen LogP contribution in [-0.4, -0.2) is 72.3 Å². The van der Waals surface area contributed by atoms with Crippen molar-refractivity contribution in [3.8, 4) is 0 Å². The number of hydrogen-bond acceptors (Lipinski definition) is 6. The number of benzene rings is 1. The Labute approximate surface area is 207 Å². The zero-order chi connectivity index (χ0) is 23.2. The molecule has 176 valence electrons. The van der Waals surface area contributed by atoms with Gasteiger partial charge in [0.15, 0.2) is 5.54 Å². The summed E-state index contributed by atoms with van der Waals surface area (Å²) in [5.74, 6) is 0. The minimum atomic E-state index is -0.613. The van der Waals surface area contributed by atoms with Crippen molar-refractivity contribution in [2.75, 3.05) is 51.2 Å². The van der Waals surface area contributed by atoms with Crippen molar-refractivity contribution in [1.82, 2.24) is 14.8 Å². The quantitative estimate of drug-likeness (QED) is 0.577. The summed E-state index contributed by atoms with van der Waals surface area (Å²) in [6.45, 7) is 12.9. The number of thiocarbonyl (C=S) groups is 1. The summed E-state index contributed by atoms with van der Waals surface area (Å²) in [4.78, 5) is 18.4. The number of hydrogen-bond donors (Lipinski definition) is 0. The number of likely N-dealkylation sites (N-methyl/N-ethyl adjacent to an activating group) is 1. The predicted octanol–water partition coefficient (Wildman–Crippen LogP) is 4.99. The van der Waals surface area contributed by atoms with Crippen molar-refractivity contribution in [2.45, 2.75) is 51.0 Å². The van der Waals surface area contributed by atoms with Gasteiger partial charge < -0.3 is 14.7 Å². The first-order valence-corrected chi connectivity index (χ1v) is 13.4. The molecule has 5 rings (SSSR count). The van der Waals surface area contributed by atoms with Gasteiger partial charge in [0.05, 0.1) is 15.2 Å². The summed E-state index contributed by atoms with van der Waals surface area (Å²) in [6.07, 6.45) is 9.99. The first-order valence-electron chi connectivity index (χ1n) is 12.2. The third-order valence-electron chi connectivity index (χ3n) is 7.07. The van der Waals surface area contributed by atoms with Gasteiger partial charge in [-0.25, -0.2) is 4.98 Å². The molecule has 2 fully saturated rings. The van der Waals surface area contributed by atoms with E-state index in [9.17, 15) is 0 Å². The molecule has 2 aromatic rings. The number of piperidine rings is 1. The van der Waals surface area contributed by atoms with Gasteiger partial charge in [0.2, 0.25) is 0 Å². The highest BCUT2D eigenvalue weighted by Gasteiger charge is 2.42. The van der Waals surface area contributed by atoms with Crippen LogP contribution in [0.25, 0.3) is 10.2 Å². The Morgan fingerprint density at radius 3 is 2.39 bits per heavy atom. The van der Waals surface area contributed by atoms with Gasteiger partial charge in [-0.2, -0.15) is 0 Å². The molecule has 7 heteroatoms. The van der Waals surface area contributed by atoms with Crippen LogP contribution in [0, 0.1) is 0 Å². The topological polar surface area (TPSA) is 35.0 Å². The van der Waals surface area contributed by atoms with E-state index in [1.165, 1.54) is 40.2 Å². The molecule has 0 radical (unpaired) electrons. The van der Waals surface area contributed by atoms with Crippen molar-refractivity contribution >= 4 is 50.7 Å². The molecule has 2 saturated heterocycles. The molecular formula is C26H35N5S2. The molecular weight excluding hydrogens is 446 g/mol. The molecule has 0 amide bonds. The van der Waals surface area contributed by atoms with Gasteiger partial charge >= 0.3 is 0 Å². The predicted molar refractivity (Wildman–Crippen MR) is 145 cm³/mol. The van der Waals surface area contributed by atoms with Crippen LogP contribution in [0.5, 0.6) is 0 Å². The number of aromatic nitrogens is 1. The highest BCUT2D eigenvalue weighted by molar-refractivity contribution is 7.80. The Balaban J connectivity index is 1.65. The first kappa shape index (κ1) is 22.9. The second-order valence-corrected chi connectivity index (χ2v) is 12.1. The largest absolute Gasteiger partial charge is 0.371 e. The van der Waals surface area contributed by atoms with Crippen molar-refractivity contribution in [3.05, 3.63) is 34.9 Å². The molecule has 33 heavy (non-hydrogen) atoms. The zero-order valence-electron chi connectivity index (χ0n) is 20.3. The van der Waals surface area contributed by atoms with Crippen molar-refractivity contribution in [3.63, 3.8) is 0 Å². The Bertz CT molecular complexity index is 1080. The normalized spacial score (nSPS) is 24.2. The molecule has 0 spiro atoms. The maximum Gasteiger partial charge on any atom is 0.156 e. The number of nitrogens with zero attached hydrogens (tertiary/aromatic N) is 5. The second kappa shape index (κ2) is 8.75. The van der Waals surface area contributed by atoms with E-state index >= 15 is 0 Å². The van der Waals surface area contributed by atoms with Gasteiger partial charge in [0.25, 0.3) is 0 Å². The maximum absolute atomic E-state index is 6.23. The van der Waals surface area contributed by atoms with Crippen LogP contribution in [0.1, 0.15) is 50.6 Å². The molecule has 4 heterocycles. The summed E-state index contributed by atoms with van der Waals surface area (Å²) < 4.78 is 1.23. The molecule has 3 aliphatic rings. The molecule has 0 N–H and O–H groups in total. The van der Waals surface area contributed by atoms with Crippen molar-refractivity contribution < 1.29 is 0 Å². The van der Waals surface area contributed by atoms with Gasteiger partial charge in [-0.1, -0.05) is 33.0 Å². The smallest absolute Gasteiger partial charge is 0.156 e.